The zero-order valence-electron chi connectivity index (χ0n) is 31.4. The summed E-state index contributed by atoms with van der Waals surface area (Å²) in [5.74, 6) is -3.29. The summed E-state index contributed by atoms with van der Waals surface area (Å²) in [6.45, 7) is -1.83. The molecule has 5 aromatic rings. The minimum Gasteiger partial charge on any atom is -0.467 e. The van der Waals surface area contributed by atoms with Crippen LogP contribution < -0.4 is 36.1 Å². The van der Waals surface area contributed by atoms with Gasteiger partial charge in [-0.15, -0.1) is 0 Å². The van der Waals surface area contributed by atoms with Gasteiger partial charge in [-0.2, -0.15) is 28.1 Å². The number of methoxy groups -OCH3 is 1. The average molecular weight is 851 g/mol. The average Bonchev–Trinajstić information content (AvgIpc) is 4.01. The van der Waals surface area contributed by atoms with Crippen LogP contribution in [0.1, 0.15) is 35.2 Å². The molecule has 0 aliphatic heterocycles. The van der Waals surface area contributed by atoms with Crippen LogP contribution in [0.5, 0.6) is 17.5 Å². The number of benzene rings is 4. The SMILES string of the molecule is COC(=O)[C@H](CCNC(=O)C(=O)Nc1ccc(Oc2ccc(F)cc2)cc1)NC(=O)c1ccc(Nc2nc(NC3(c4ccc(Cl)cc4)CC3)nc(OCC(F)(F)F)n2)cc1. The number of nitrogens with one attached hydrogen (secondary N) is 5. The first-order valence-corrected chi connectivity index (χ1v) is 18.4. The number of carbonyl (C=O) groups is 4. The molecule has 1 heterocycles. The van der Waals surface area contributed by atoms with Crippen LogP contribution in [0.4, 0.5) is 40.8 Å². The fraction of sp³-hybridized carbons (Fsp3) is 0.225. The number of halogens is 5. The quantitative estimate of drug-likeness (QED) is 0.0403. The van der Waals surface area contributed by atoms with Crippen LogP contribution in [0.3, 0.4) is 0 Å². The summed E-state index contributed by atoms with van der Waals surface area (Å²) >= 11 is 6.03. The Morgan fingerprint density at radius 1 is 0.800 bits per heavy atom. The molecule has 0 bridgehead atoms. The van der Waals surface area contributed by atoms with E-state index < -0.39 is 59.9 Å². The van der Waals surface area contributed by atoms with Crippen molar-refractivity contribution in [2.24, 2.45) is 0 Å². The Balaban J connectivity index is 1.02. The van der Waals surface area contributed by atoms with Gasteiger partial charge in [0.05, 0.1) is 12.6 Å². The topological polar surface area (TPSA) is 195 Å². The van der Waals surface area contributed by atoms with E-state index in [0.717, 1.165) is 12.7 Å². The van der Waals surface area contributed by atoms with Gasteiger partial charge in [0.1, 0.15) is 23.4 Å². The van der Waals surface area contributed by atoms with Gasteiger partial charge in [0, 0.05) is 28.5 Å². The molecular formula is C40H35ClF4N8O7. The van der Waals surface area contributed by atoms with Crippen molar-refractivity contribution in [3.63, 3.8) is 0 Å². The predicted molar refractivity (Wildman–Crippen MR) is 210 cm³/mol. The largest absolute Gasteiger partial charge is 0.467 e. The highest BCUT2D eigenvalue weighted by molar-refractivity contribution is 6.39. The van der Waals surface area contributed by atoms with Crippen molar-refractivity contribution in [1.29, 1.82) is 0 Å². The Morgan fingerprint density at radius 3 is 2.03 bits per heavy atom. The standard InChI is InChI=1S/C40H35ClF4N8O7/c1-58-35(57)31(18-21-46-33(55)34(56)47-27-12-16-30(17-13-27)60-29-14-8-26(42)9-15-29)49-32(54)23-2-10-28(11-3-23)48-36-50-37(52-38(51-36)59-22-40(43,44)45)53-39(19-20-39)24-4-6-25(41)7-5-24/h2-17,31H,18-22H2,1H3,(H,46,55)(H,47,56)(H,49,54)(H2,48,50,51,52,53)/t31-/m0/s1. The highest BCUT2D eigenvalue weighted by Gasteiger charge is 2.45. The number of rotatable bonds is 16. The highest BCUT2D eigenvalue weighted by Crippen LogP contribution is 2.48. The Bertz CT molecular complexity index is 2320. The molecule has 0 radical (unpaired) electrons. The van der Waals surface area contributed by atoms with E-state index >= 15 is 0 Å². The second-order valence-corrected chi connectivity index (χ2v) is 13.7. The van der Waals surface area contributed by atoms with Crippen LogP contribution in [0.25, 0.3) is 0 Å². The predicted octanol–water partition coefficient (Wildman–Crippen LogP) is 6.66. The third-order valence-corrected chi connectivity index (χ3v) is 9.01. The summed E-state index contributed by atoms with van der Waals surface area (Å²) in [5, 5.41) is 13.9. The maximum Gasteiger partial charge on any atom is 0.422 e. The number of nitrogens with zero attached hydrogens (tertiary/aromatic N) is 3. The first-order valence-electron chi connectivity index (χ1n) is 18.1. The minimum absolute atomic E-state index is 0.0417. The van der Waals surface area contributed by atoms with Crippen LogP contribution in [0, 0.1) is 5.82 Å². The van der Waals surface area contributed by atoms with E-state index in [4.69, 9.17) is 25.8 Å². The summed E-state index contributed by atoms with van der Waals surface area (Å²) in [7, 11) is 1.12. The Morgan fingerprint density at radius 2 is 1.42 bits per heavy atom. The molecule has 60 heavy (non-hydrogen) atoms. The van der Waals surface area contributed by atoms with Crippen molar-refractivity contribution in [1.82, 2.24) is 25.6 Å². The monoisotopic (exact) mass is 850 g/mol. The first kappa shape index (κ1) is 42.6. The number of aromatic nitrogens is 3. The molecule has 1 aromatic heterocycles. The molecule has 312 valence electrons. The molecule has 0 unspecified atom stereocenters. The Kier molecular flexibility index (Phi) is 13.3. The van der Waals surface area contributed by atoms with Crippen molar-refractivity contribution in [3.8, 4) is 17.5 Å². The second-order valence-electron chi connectivity index (χ2n) is 13.2. The smallest absolute Gasteiger partial charge is 0.422 e. The van der Waals surface area contributed by atoms with E-state index in [1.807, 2.05) is 12.1 Å². The molecule has 6 rings (SSSR count). The maximum absolute atomic E-state index is 13.1. The van der Waals surface area contributed by atoms with Crippen LogP contribution in [-0.4, -0.2) is 71.1 Å². The lowest BCUT2D eigenvalue weighted by molar-refractivity contribution is -0.154. The van der Waals surface area contributed by atoms with Gasteiger partial charge < -0.3 is 40.8 Å². The van der Waals surface area contributed by atoms with Gasteiger partial charge in [-0.3, -0.25) is 14.4 Å². The molecule has 1 atom stereocenters. The summed E-state index contributed by atoms with van der Waals surface area (Å²) in [4.78, 5) is 63.0. The second kappa shape index (κ2) is 18.7. The zero-order chi connectivity index (χ0) is 42.9. The van der Waals surface area contributed by atoms with Crippen molar-refractivity contribution in [3.05, 3.63) is 119 Å². The normalized spacial score (nSPS) is 13.2. The fourth-order valence-corrected chi connectivity index (χ4v) is 5.71. The molecular weight excluding hydrogens is 816 g/mol. The molecule has 0 spiro atoms. The van der Waals surface area contributed by atoms with Crippen molar-refractivity contribution in [2.45, 2.75) is 37.0 Å². The van der Waals surface area contributed by atoms with E-state index in [-0.39, 0.29) is 36.1 Å². The molecule has 4 aromatic carbocycles. The summed E-state index contributed by atoms with van der Waals surface area (Å²) in [5.41, 5.74) is 1.05. The summed E-state index contributed by atoms with van der Waals surface area (Å²) in [6, 6.07) is 22.5. The number of ether oxygens (including phenoxy) is 3. The van der Waals surface area contributed by atoms with E-state index in [2.05, 4.69) is 41.5 Å². The van der Waals surface area contributed by atoms with E-state index in [1.54, 1.807) is 12.1 Å². The molecule has 20 heteroatoms. The molecule has 1 aliphatic rings. The number of alkyl halides is 3. The molecule has 15 nitrogen and oxygen atoms in total. The van der Waals surface area contributed by atoms with E-state index in [9.17, 15) is 36.7 Å². The molecule has 1 aliphatic carbocycles. The number of amides is 3. The van der Waals surface area contributed by atoms with Gasteiger partial charge >= 0.3 is 30.0 Å². The Hall–Kier alpha value is -7.02. The van der Waals surface area contributed by atoms with Gasteiger partial charge in [-0.1, -0.05) is 23.7 Å². The van der Waals surface area contributed by atoms with Crippen molar-refractivity contribution < 1.29 is 51.0 Å². The number of hydrogen-bond donors (Lipinski definition) is 5. The maximum atomic E-state index is 13.1. The van der Waals surface area contributed by atoms with Crippen molar-refractivity contribution >= 4 is 58.6 Å². The lowest BCUT2D eigenvalue weighted by atomic mass is 10.1. The van der Waals surface area contributed by atoms with Crippen LogP contribution >= 0.6 is 11.6 Å². The zero-order valence-corrected chi connectivity index (χ0v) is 32.2. The molecule has 1 saturated carbocycles. The number of carbonyl (C=O) groups excluding carboxylic acids is 4. The fourth-order valence-electron chi connectivity index (χ4n) is 5.58. The minimum atomic E-state index is -4.65. The molecule has 0 saturated heterocycles. The summed E-state index contributed by atoms with van der Waals surface area (Å²) in [6.07, 6.45) is -3.39. The third kappa shape index (κ3) is 12.0. The van der Waals surface area contributed by atoms with Gasteiger partial charge in [-0.25, -0.2) is 9.18 Å². The lowest BCUT2D eigenvalue weighted by Crippen LogP contribution is -2.44. The van der Waals surface area contributed by atoms with Gasteiger partial charge in [0.2, 0.25) is 11.9 Å². The third-order valence-electron chi connectivity index (χ3n) is 8.76. The molecule has 1 fully saturated rings. The lowest BCUT2D eigenvalue weighted by Gasteiger charge is -2.19. The Labute approximate surface area is 344 Å². The van der Waals surface area contributed by atoms with Crippen molar-refractivity contribution in [2.75, 3.05) is 36.2 Å². The van der Waals surface area contributed by atoms with Crippen LogP contribution in [0.15, 0.2) is 97.1 Å². The van der Waals surface area contributed by atoms with Gasteiger partial charge in [0.15, 0.2) is 6.61 Å². The molecule has 5 N–H and O–H groups in total. The van der Waals surface area contributed by atoms with E-state index in [1.165, 1.54) is 72.8 Å². The number of anilines is 4. The van der Waals surface area contributed by atoms with E-state index in [0.29, 0.717) is 35.1 Å². The van der Waals surface area contributed by atoms with Gasteiger partial charge in [-0.05, 0) is 110 Å². The first-order chi connectivity index (χ1) is 28.7. The number of esters is 1. The molecule has 3 amide bonds. The summed E-state index contributed by atoms with van der Waals surface area (Å²) < 4.78 is 67.3. The van der Waals surface area contributed by atoms with Gasteiger partial charge in [0.25, 0.3) is 5.91 Å². The number of hydrogen-bond acceptors (Lipinski definition) is 12. The van der Waals surface area contributed by atoms with Crippen LogP contribution in [-0.2, 0) is 24.7 Å². The highest BCUT2D eigenvalue weighted by atomic mass is 35.5. The van der Waals surface area contributed by atoms with Crippen LogP contribution in [0.2, 0.25) is 5.02 Å².